The minimum Gasteiger partial charge on any atom is -0.461 e. The van der Waals surface area contributed by atoms with Gasteiger partial charge in [0.15, 0.2) is 5.78 Å². The van der Waals surface area contributed by atoms with Gasteiger partial charge in [0.2, 0.25) is 0 Å². The van der Waals surface area contributed by atoms with Crippen LogP contribution < -0.4 is 0 Å². The van der Waals surface area contributed by atoms with Crippen molar-refractivity contribution in [1.29, 1.82) is 0 Å². The van der Waals surface area contributed by atoms with Crippen molar-refractivity contribution in [3.05, 3.63) is 11.6 Å². The Hall–Kier alpha value is -1.12. The van der Waals surface area contributed by atoms with Crippen LogP contribution in [0.4, 0.5) is 0 Å². The molecule has 0 heterocycles. The molecule has 0 spiro atoms. The molecule has 0 saturated heterocycles. The standard InChI is InChI=1S/C17H28O3/c1-11(2)8-9-13-10-16(4,5)15(20-12(3)18)17(6,7)14(13)19/h10-11,15H,8-9H2,1-7H3. The van der Waals surface area contributed by atoms with Crippen LogP contribution in [0.15, 0.2) is 11.6 Å². The van der Waals surface area contributed by atoms with Gasteiger partial charge < -0.3 is 4.74 Å². The lowest BCUT2D eigenvalue weighted by atomic mass is 9.62. The Balaban J connectivity index is 3.12. The van der Waals surface area contributed by atoms with Crippen LogP contribution in [0.2, 0.25) is 0 Å². The van der Waals surface area contributed by atoms with Gasteiger partial charge in [-0.15, -0.1) is 0 Å². The summed E-state index contributed by atoms with van der Waals surface area (Å²) in [5, 5.41) is 0. The van der Waals surface area contributed by atoms with E-state index in [-0.39, 0.29) is 17.2 Å². The monoisotopic (exact) mass is 280 g/mol. The van der Waals surface area contributed by atoms with Gasteiger partial charge in [-0.2, -0.15) is 0 Å². The van der Waals surface area contributed by atoms with Crippen LogP contribution in [0, 0.1) is 16.7 Å². The van der Waals surface area contributed by atoms with Gasteiger partial charge in [-0.25, -0.2) is 0 Å². The second-order valence-electron chi connectivity index (χ2n) is 7.46. The van der Waals surface area contributed by atoms with Gasteiger partial charge in [-0.1, -0.05) is 33.8 Å². The van der Waals surface area contributed by atoms with E-state index in [1.54, 1.807) is 0 Å². The lowest BCUT2D eigenvalue weighted by Gasteiger charge is -2.45. The van der Waals surface area contributed by atoms with Crippen LogP contribution in [0.1, 0.15) is 61.3 Å². The Labute approximate surface area is 122 Å². The van der Waals surface area contributed by atoms with E-state index in [1.165, 1.54) is 6.92 Å². The number of carbonyl (C=O) groups is 2. The van der Waals surface area contributed by atoms with Crippen molar-refractivity contribution in [3.8, 4) is 0 Å². The quantitative estimate of drug-likeness (QED) is 0.733. The summed E-state index contributed by atoms with van der Waals surface area (Å²) in [5.74, 6) is 0.354. The highest BCUT2D eigenvalue weighted by atomic mass is 16.5. The number of carbonyl (C=O) groups excluding carboxylic acids is 2. The molecule has 1 rings (SSSR count). The number of Topliss-reactive ketones (excluding diaryl/α,β-unsaturated/α-hetero) is 1. The van der Waals surface area contributed by atoms with Gasteiger partial charge >= 0.3 is 5.97 Å². The molecular formula is C17H28O3. The fraction of sp³-hybridized carbons (Fsp3) is 0.765. The van der Waals surface area contributed by atoms with Crippen molar-refractivity contribution >= 4 is 11.8 Å². The van der Waals surface area contributed by atoms with Gasteiger partial charge in [-0.05, 0) is 38.2 Å². The fourth-order valence-electron chi connectivity index (χ4n) is 3.15. The minimum absolute atomic E-state index is 0.115. The Morgan fingerprint density at radius 2 is 1.85 bits per heavy atom. The number of hydrogen-bond acceptors (Lipinski definition) is 3. The highest BCUT2D eigenvalue weighted by Gasteiger charge is 2.51. The third-order valence-electron chi connectivity index (χ3n) is 4.03. The lowest BCUT2D eigenvalue weighted by Crippen LogP contribution is -2.51. The summed E-state index contributed by atoms with van der Waals surface area (Å²) in [6.07, 6.45) is 3.40. The first-order valence-corrected chi connectivity index (χ1v) is 7.42. The second kappa shape index (κ2) is 5.71. The van der Waals surface area contributed by atoms with Crippen molar-refractivity contribution < 1.29 is 14.3 Å². The molecule has 0 aromatic carbocycles. The molecule has 3 heteroatoms. The van der Waals surface area contributed by atoms with Crippen molar-refractivity contribution in [2.24, 2.45) is 16.7 Å². The van der Waals surface area contributed by atoms with Crippen LogP contribution >= 0.6 is 0 Å². The van der Waals surface area contributed by atoms with Crippen molar-refractivity contribution in [2.75, 3.05) is 0 Å². The average molecular weight is 280 g/mol. The topological polar surface area (TPSA) is 43.4 Å². The van der Waals surface area contributed by atoms with E-state index in [2.05, 4.69) is 13.8 Å². The maximum atomic E-state index is 12.7. The van der Waals surface area contributed by atoms with Crippen LogP contribution in [0.25, 0.3) is 0 Å². The number of ether oxygens (including phenoxy) is 1. The molecule has 1 aliphatic rings. The first-order chi connectivity index (χ1) is 8.98. The van der Waals surface area contributed by atoms with Crippen LogP contribution in [0.5, 0.6) is 0 Å². The molecule has 0 amide bonds. The van der Waals surface area contributed by atoms with Crippen LogP contribution in [-0.4, -0.2) is 17.9 Å². The zero-order valence-electron chi connectivity index (χ0n) is 13.9. The Kier molecular flexibility index (Phi) is 4.83. The summed E-state index contributed by atoms with van der Waals surface area (Å²) in [7, 11) is 0. The van der Waals surface area contributed by atoms with Crippen molar-refractivity contribution in [2.45, 2.75) is 67.4 Å². The number of allylic oxidation sites excluding steroid dienone is 1. The van der Waals surface area contributed by atoms with Crippen molar-refractivity contribution in [1.82, 2.24) is 0 Å². The summed E-state index contributed by atoms with van der Waals surface area (Å²) in [5.41, 5.74) is -0.108. The highest BCUT2D eigenvalue weighted by Crippen LogP contribution is 2.45. The summed E-state index contributed by atoms with van der Waals surface area (Å²) in [6, 6.07) is 0. The van der Waals surface area contributed by atoms with E-state index in [9.17, 15) is 9.59 Å². The zero-order valence-corrected chi connectivity index (χ0v) is 13.9. The predicted molar refractivity (Wildman–Crippen MR) is 80.3 cm³/mol. The Morgan fingerprint density at radius 1 is 1.30 bits per heavy atom. The number of rotatable bonds is 4. The van der Waals surface area contributed by atoms with E-state index >= 15 is 0 Å². The molecule has 0 aromatic heterocycles. The first-order valence-electron chi connectivity index (χ1n) is 7.42. The average Bonchev–Trinajstić information content (AvgIpc) is 2.28. The molecule has 0 fully saturated rings. The van der Waals surface area contributed by atoms with Gasteiger partial charge in [0, 0.05) is 12.3 Å². The maximum Gasteiger partial charge on any atom is 0.302 e. The summed E-state index contributed by atoms with van der Waals surface area (Å²) in [4.78, 5) is 24.0. The van der Waals surface area contributed by atoms with E-state index in [0.29, 0.717) is 5.92 Å². The molecule has 20 heavy (non-hydrogen) atoms. The molecule has 0 aliphatic heterocycles. The molecule has 0 N–H and O–H groups in total. The third-order valence-corrected chi connectivity index (χ3v) is 4.03. The first kappa shape index (κ1) is 16.9. The van der Waals surface area contributed by atoms with Gasteiger partial charge in [-0.3, -0.25) is 9.59 Å². The molecule has 1 unspecified atom stereocenters. The predicted octanol–water partition coefficient (Wildman–Crippen LogP) is 3.92. The van der Waals surface area contributed by atoms with Gasteiger partial charge in [0.05, 0.1) is 5.41 Å². The molecule has 0 bridgehead atoms. The van der Waals surface area contributed by atoms with E-state index in [4.69, 9.17) is 4.74 Å². The van der Waals surface area contributed by atoms with Gasteiger partial charge in [0.25, 0.3) is 0 Å². The molecule has 0 saturated carbocycles. The third kappa shape index (κ3) is 3.50. The summed E-state index contributed by atoms with van der Waals surface area (Å²) >= 11 is 0. The van der Waals surface area contributed by atoms with E-state index in [1.807, 2.05) is 33.8 Å². The molecule has 1 aliphatic carbocycles. The van der Waals surface area contributed by atoms with Crippen LogP contribution in [0.3, 0.4) is 0 Å². The van der Waals surface area contributed by atoms with Crippen molar-refractivity contribution in [3.63, 3.8) is 0 Å². The maximum absolute atomic E-state index is 12.7. The van der Waals surface area contributed by atoms with Gasteiger partial charge in [0.1, 0.15) is 6.10 Å². The zero-order chi connectivity index (χ0) is 15.7. The number of esters is 1. The van der Waals surface area contributed by atoms with E-state index < -0.39 is 11.5 Å². The summed E-state index contributed by atoms with van der Waals surface area (Å²) in [6.45, 7) is 13.5. The minimum atomic E-state index is -0.670. The molecule has 3 nitrogen and oxygen atoms in total. The molecule has 114 valence electrons. The smallest absolute Gasteiger partial charge is 0.302 e. The SMILES string of the molecule is CC(=O)OC1C(C)(C)C=C(CCC(C)C)C(=O)C1(C)C. The van der Waals surface area contributed by atoms with Crippen LogP contribution in [-0.2, 0) is 14.3 Å². The second-order valence-corrected chi connectivity index (χ2v) is 7.46. The number of ketones is 1. The number of hydrogen-bond donors (Lipinski definition) is 0. The largest absolute Gasteiger partial charge is 0.461 e. The normalized spacial score (nSPS) is 24.5. The Morgan fingerprint density at radius 3 is 2.30 bits per heavy atom. The molecule has 0 aromatic rings. The molecule has 1 atom stereocenters. The molecular weight excluding hydrogens is 252 g/mol. The molecule has 0 radical (unpaired) electrons. The fourth-order valence-corrected chi connectivity index (χ4v) is 3.15. The lowest BCUT2D eigenvalue weighted by molar-refractivity contribution is -0.164. The highest BCUT2D eigenvalue weighted by molar-refractivity contribution is 6.01. The van der Waals surface area contributed by atoms with E-state index in [0.717, 1.165) is 18.4 Å². The Bertz CT molecular complexity index is 428. The summed E-state index contributed by atoms with van der Waals surface area (Å²) < 4.78 is 5.46.